The second-order valence-electron chi connectivity index (χ2n) is 7.30. The molecule has 8 heteroatoms. The highest BCUT2D eigenvalue weighted by Gasteiger charge is 2.31. The number of rotatable bonds is 3. The van der Waals surface area contributed by atoms with Gasteiger partial charge in [0.15, 0.2) is 0 Å². The molecule has 2 amide bonds. The van der Waals surface area contributed by atoms with Crippen molar-refractivity contribution in [1.29, 1.82) is 0 Å². The number of fused-ring (bicyclic) bond motifs is 1. The van der Waals surface area contributed by atoms with Crippen molar-refractivity contribution in [2.45, 2.75) is 18.8 Å². The van der Waals surface area contributed by atoms with E-state index in [1.807, 2.05) is 0 Å². The first kappa shape index (κ1) is 19.4. The predicted molar refractivity (Wildman–Crippen MR) is 110 cm³/mol. The number of nitrogens with zero attached hydrogens (tertiary/aromatic N) is 4. The van der Waals surface area contributed by atoms with Gasteiger partial charge in [-0.1, -0.05) is 12.1 Å². The van der Waals surface area contributed by atoms with Gasteiger partial charge in [-0.15, -0.1) is 11.3 Å². The van der Waals surface area contributed by atoms with Gasteiger partial charge in [0.05, 0.1) is 10.4 Å². The van der Waals surface area contributed by atoms with Crippen LogP contribution >= 0.6 is 11.3 Å². The molecule has 0 bridgehead atoms. The van der Waals surface area contributed by atoms with Crippen LogP contribution in [-0.2, 0) is 0 Å². The molecule has 0 spiro atoms. The highest BCUT2D eigenvalue weighted by molar-refractivity contribution is 7.20. The summed E-state index contributed by atoms with van der Waals surface area (Å²) in [5, 5.41) is 0. The highest BCUT2D eigenvalue weighted by atomic mass is 32.1. The Morgan fingerprint density at radius 1 is 1.14 bits per heavy atom. The molecule has 1 aliphatic heterocycles. The topological polar surface area (TPSA) is 66.4 Å². The van der Waals surface area contributed by atoms with Crippen LogP contribution < -0.4 is 0 Å². The first-order valence-electron chi connectivity index (χ1n) is 9.46. The standard InChI is InChI=1S/C21H21FN4O2S/c1-25(2)21(28)18-16(17-19(29-18)24-10-9-23-17)13-7-11-26(12-8-13)20(27)14-5-3-4-6-15(14)22/h3-6,9-10,13H,7-8,11-12H2,1-2H3. The Hall–Kier alpha value is -2.87. The van der Waals surface area contributed by atoms with Gasteiger partial charge in [0.1, 0.15) is 16.2 Å². The summed E-state index contributed by atoms with van der Waals surface area (Å²) in [6.45, 7) is 1.01. The quantitative estimate of drug-likeness (QED) is 0.660. The largest absolute Gasteiger partial charge is 0.344 e. The van der Waals surface area contributed by atoms with Crippen LogP contribution in [0.25, 0.3) is 10.3 Å². The number of carbonyl (C=O) groups is 2. The minimum absolute atomic E-state index is 0.0605. The summed E-state index contributed by atoms with van der Waals surface area (Å²) < 4.78 is 14.0. The summed E-state index contributed by atoms with van der Waals surface area (Å²) in [7, 11) is 3.46. The van der Waals surface area contributed by atoms with E-state index in [9.17, 15) is 14.0 Å². The molecule has 0 N–H and O–H groups in total. The molecule has 1 aliphatic rings. The number of carbonyl (C=O) groups excluding carboxylic acids is 2. The fraction of sp³-hybridized carbons (Fsp3) is 0.333. The molecule has 0 aliphatic carbocycles. The number of amides is 2. The zero-order chi connectivity index (χ0) is 20.5. The van der Waals surface area contributed by atoms with Crippen LogP contribution in [-0.4, -0.2) is 58.8 Å². The number of hydrogen-bond acceptors (Lipinski definition) is 5. The summed E-state index contributed by atoms with van der Waals surface area (Å²) in [4.78, 5) is 38.9. The van der Waals surface area contributed by atoms with Crippen molar-refractivity contribution in [3.05, 3.63) is 58.5 Å². The molecule has 0 radical (unpaired) electrons. The molecule has 4 rings (SSSR count). The van der Waals surface area contributed by atoms with Crippen molar-refractivity contribution in [3.63, 3.8) is 0 Å². The number of piperidine rings is 1. The third-order valence-electron chi connectivity index (χ3n) is 5.26. The summed E-state index contributed by atoms with van der Waals surface area (Å²) in [6.07, 6.45) is 4.65. The Kier molecular flexibility index (Phi) is 5.27. The second-order valence-corrected chi connectivity index (χ2v) is 8.30. The molecule has 1 saturated heterocycles. The van der Waals surface area contributed by atoms with Crippen LogP contribution in [0.4, 0.5) is 4.39 Å². The van der Waals surface area contributed by atoms with Gasteiger partial charge >= 0.3 is 0 Å². The third-order valence-corrected chi connectivity index (χ3v) is 6.35. The number of likely N-dealkylation sites (tertiary alicyclic amines) is 1. The fourth-order valence-electron chi connectivity index (χ4n) is 3.76. The van der Waals surface area contributed by atoms with Crippen LogP contribution in [0.5, 0.6) is 0 Å². The van der Waals surface area contributed by atoms with Crippen molar-refractivity contribution in [1.82, 2.24) is 19.8 Å². The molecule has 6 nitrogen and oxygen atoms in total. The maximum Gasteiger partial charge on any atom is 0.263 e. The lowest BCUT2D eigenvalue weighted by Gasteiger charge is -2.32. The Morgan fingerprint density at radius 2 is 1.83 bits per heavy atom. The summed E-state index contributed by atoms with van der Waals surface area (Å²) in [6, 6.07) is 6.05. The van der Waals surface area contributed by atoms with Crippen molar-refractivity contribution >= 4 is 33.5 Å². The van der Waals surface area contributed by atoms with Gasteiger partial charge in [-0.25, -0.2) is 9.37 Å². The van der Waals surface area contributed by atoms with Gasteiger partial charge in [-0.3, -0.25) is 14.6 Å². The summed E-state index contributed by atoms with van der Waals surface area (Å²) >= 11 is 1.36. The lowest BCUT2D eigenvalue weighted by atomic mass is 9.88. The normalized spacial score (nSPS) is 14.9. The molecule has 1 fully saturated rings. The number of benzene rings is 1. The van der Waals surface area contributed by atoms with E-state index in [0.29, 0.717) is 30.8 Å². The summed E-state index contributed by atoms with van der Waals surface area (Å²) in [5.41, 5.74) is 1.79. The first-order valence-corrected chi connectivity index (χ1v) is 10.3. The molecule has 29 heavy (non-hydrogen) atoms. The Bertz CT molecular complexity index is 1070. The lowest BCUT2D eigenvalue weighted by Crippen LogP contribution is -2.38. The number of aromatic nitrogens is 2. The fourth-order valence-corrected chi connectivity index (χ4v) is 4.97. The summed E-state index contributed by atoms with van der Waals surface area (Å²) in [5.74, 6) is -0.752. The average molecular weight is 412 g/mol. The second kappa shape index (κ2) is 7.87. The minimum atomic E-state index is -0.502. The highest BCUT2D eigenvalue weighted by Crippen LogP contribution is 2.39. The SMILES string of the molecule is CN(C)C(=O)c1sc2nccnc2c1C1CCN(C(=O)c2ccccc2F)CC1. The van der Waals surface area contributed by atoms with E-state index >= 15 is 0 Å². The average Bonchev–Trinajstić information content (AvgIpc) is 3.12. The zero-order valence-electron chi connectivity index (χ0n) is 16.3. The van der Waals surface area contributed by atoms with Gasteiger partial charge in [0.2, 0.25) is 0 Å². The Balaban J connectivity index is 1.59. The van der Waals surface area contributed by atoms with Crippen molar-refractivity contribution in [3.8, 4) is 0 Å². The maximum atomic E-state index is 14.0. The van der Waals surface area contributed by atoms with E-state index < -0.39 is 5.82 Å². The van der Waals surface area contributed by atoms with Crippen LogP contribution in [0, 0.1) is 5.82 Å². The molecule has 2 aromatic heterocycles. The van der Waals surface area contributed by atoms with Crippen LogP contribution in [0.15, 0.2) is 36.7 Å². The lowest BCUT2D eigenvalue weighted by molar-refractivity contribution is 0.0706. The van der Waals surface area contributed by atoms with E-state index in [-0.39, 0.29) is 23.3 Å². The monoisotopic (exact) mass is 412 g/mol. The zero-order valence-corrected chi connectivity index (χ0v) is 17.1. The maximum absolute atomic E-state index is 14.0. The number of halogens is 1. The Labute approximate surface area is 172 Å². The van der Waals surface area contributed by atoms with Crippen molar-refractivity contribution < 1.29 is 14.0 Å². The Morgan fingerprint density at radius 3 is 2.52 bits per heavy atom. The molecule has 1 aromatic carbocycles. The van der Waals surface area contributed by atoms with E-state index in [1.165, 1.54) is 23.5 Å². The van der Waals surface area contributed by atoms with E-state index in [0.717, 1.165) is 15.9 Å². The molecule has 3 aromatic rings. The van der Waals surface area contributed by atoms with Gasteiger partial charge < -0.3 is 9.80 Å². The van der Waals surface area contributed by atoms with E-state index in [2.05, 4.69) is 9.97 Å². The molecule has 3 heterocycles. The van der Waals surface area contributed by atoms with Gasteiger partial charge in [-0.2, -0.15) is 0 Å². The molecule has 0 unspecified atom stereocenters. The number of hydrogen-bond donors (Lipinski definition) is 0. The number of thiophene rings is 1. The van der Waals surface area contributed by atoms with Crippen LogP contribution in [0.1, 0.15) is 44.4 Å². The van der Waals surface area contributed by atoms with Crippen molar-refractivity contribution in [2.75, 3.05) is 27.2 Å². The third kappa shape index (κ3) is 3.60. The smallest absolute Gasteiger partial charge is 0.263 e. The van der Waals surface area contributed by atoms with Crippen LogP contribution in [0.2, 0.25) is 0 Å². The van der Waals surface area contributed by atoms with E-state index in [1.54, 1.807) is 48.4 Å². The van der Waals surface area contributed by atoms with E-state index in [4.69, 9.17) is 0 Å². The molecular formula is C21H21FN4O2S. The molecule has 150 valence electrons. The van der Waals surface area contributed by atoms with Gasteiger partial charge in [0.25, 0.3) is 11.8 Å². The first-order chi connectivity index (χ1) is 14.0. The molecule has 0 saturated carbocycles. The van der Waals surface area contributed by atoms with Gasteiger partial charge in [0, 0.05) is 45.1 Å². The molecule has 0 atom stereocenters. The van der Waals surface area contributed by atoms with Crippen LogP contribution in [0.3, 0.4) is 0 Å². The minimum Gasteiger partial charge on any atom is -0.344 e. The van der Waals surface area contributed by atoms with Gasteiger partial charge in [-0.05, 0) is 30.9 Å². The molecular weight excluding hydrogens is 391 g/mol. The predicted octanol–water partition coefficient (Wildman–Crippen LogP) is 3.55. The van der Waals surface area contributed by atoms with Crippen molar-refractivity contribution in [2.24, 2.45) is 0 Å².